The van der Waals surface area contributed by atoms with Gasteiger partial charge in [0.1, 0.15) is 16.9 Å². The lowest BCUT2D eigenvalue weighted by Crippen LogP contribution is -2.11. The number of esters is 1. The molecule has 0 aliphatic heterocycles. The Labute approximate surface area is 102 Å². The Kier molecular flexibility index (Phi) is 2.97. The second kappa shape index (κ2) is 4.44. The maximum Gasteiger partial charge on any atom is 0.347 e. The van der Waals surface area contributed by atoms with Gasteiger partial charge in [0.2, 0.25) is 0 Å². The van der Waals surface area contributed by atoms with Crippen molar-refractivity contribution >= 4 is 22.7 Å². The second-order valence-electron chi connectivity index (χ2n) is 3.80. The number of ketones is 1. The molecule has 0 saturated carbocycles. The summed E-state index contributed by atoms with van der Waals surface area (Å²) in [4.78, 5) is 33.5. The second-order valence-corrected chi connectivity index (χ2v) is 3.80. The molecule has 1 aromatic carbocycles. The Morgan fingerprint density at radius 3 is 2.50 bits per heavy atom. The minimum absolute atomic E-state index is 0.00253. The zero-order valence-corrected chi connectivity index (χ0v) is 9.85. The summed E-state index contributed by atoms with van der Waals surface area (Å²) >= 11 is 0. The van der Waals surface area contributed by atoms with E-state index in [-0.39, 0.29) is 22.7 Å². The van der Waals surface area contributed by atoms with Crippen LogP contribution in [0, 0.1) is 0 Å². The first kappa shape index (κ1) is 12.0. The fourth-order valence-electron chi connectivity index (χ4n) is 1.57. The van der Waals surface area contributed by atoms with Crippen molar-refractivity contribution in [1.82, 2.24) is 0 Å². The Bertz CT molecular complexity index is 696. The van der Waals surface area contributed by atoms with Crippen LogP contribution in [0.3, 0.4) is 0 Å². The van der Waals surface area contributed by atoms with Gasteiger partial charge in [-0.15, -0.1) is 0 Å². The van der Waals surface area contributed by atoms with E-state index in [1.54, 1.807) is 12.1 Å². The van der Waals surface area contributed by atoms with Crippen molar-refractivity contribution < 1.29 is 18.7 Å². The average Bonchev–Trinajstić information content (AvgIpc) is 2.26. The molecular weight excluding hydrogens is 236 g/mol. The van der Waals surface area contributed by atoms with Gasteiger partial charge in [-0.25, -0.2) is 4.79 Å². The van der Waals surface area contributed by atoms with E-state index in [1.165, 1.54) is 26.0 Å². The highest BCUT2D eigenvalue weighted by Gasteiger charge is 2.10. The van der Waals surface area contributed by atoms with Gasteiger partial charge in [-0.2, -0.15) is 0 Å². The van der Waals surface area contributed by atoms with Crippen molar-refractivity contribution in [3.63, 3.8) is 0 Å². The standard InChI is InChI=1S/C13H10O5/c1-7(14)11-5-9-3-4-10(17-8(2)15)6-12(9)18-13(11)16/h3-6H,1-2H3. The molecule has 0 N–H and O–H groups in total. The van der Waals surface area contributed by atoms with Crippen LogP contribution in [0.1, 0.15) is 24.2 Å². The Balaban J connectivity index is 2.59. The van der Waals surface area contributed by atoms with E-state index in [9.17, 15) is 14.4 Å². The quantitative estimate of drug-likeness (QED) is 0.350. The molecular formula is C13H10O5. The summed E-state index contributed by atoms with van der Waals surface area (Å²) in [6, 6.07) is 6.07. The first-order valence-electron chi connectivity index (χ1n) is 5.24. The van der Waals surface area contributed by atoms with Crippen LogP contribution < -0.4 is 10.4 Å². The first-order valence-corrected chi connectivity index (χ1v) is 5.24. The van der Waals surface area contributed by atoms with E-state index in [0.29, 0.717) is 5.39 Å². The van der Waals surface area contributed by atoms with Crippen molar-refractivity contribution in [2.24, 2.45) is 0 Å². The highest BCUT2D eigenvalue weighted by molar-refractivity contribution is 5.96. The molecule has 0 unspecified atom stereocenters. The van der Waals surface area contributed by atoms with E-state index in [2.05, 4.69) is 0 Å². The number of hydrogen-bond acceptors (Lipinski definition) is 5. The number of Topliss-reactive ketones (excluding diaryl/α,β-unsaturated/α-hetero) is 1. The molecule has 0 radical (unpaired) electrons. The molecule has 0 bridgehead atoms. The van der Waals surface area contributed by atoms with Gasteiger partial charge in [0.25, 0.3) is 0 Å². The monoisotopic (exact) mass is 246 g/mol. The molecule has 2 rings (SSSR count). The molecule has 0 fully saturated rings. The zero-order valence-electron chi connectivity index (χ0n) is 9.85. The number of rotatable bonds is 2. The predicted molar refractivity (Wildman–Crippen MR) is 63.8 cm³/mol. The van der Waals surface area contributed by atoms with Gasteiger partial charge in [-0.3, -0.25) is 9.59 Å². The Hall–Kier alpha value is -2.43. The SMILES string of the molecule is CC(=O)Oc1ccc2cc(C(C)=O)c(=O)oc2c1. The molecule has 0 spiro atoms. The van der Waals surface area contributed by atoms with Crippen LogP contribution in [0.4, 0.5) is 0 Å². The third-order valence-corrected chi connectivity index (χ3v) is 2.35. The summed E-state index contributed by atoms with van der Waals surface area (Å²) in [5.41, 5.74) is -0.429. The van der Waals surface area contributed by atoms with E-state index < -0.39 is 11.6 Å². The van der Waals surface area contributed by atoms with E-state index in [1.807, 2.05) is 0 Å². The van der Waals surface area contributed by atoms with Crippen LogP contribution in [-0.4, -0.2) is 11.8 Å². The van der Waals surface area contributed by atoms with Crippen LogP contribution in [-0.2, 0) is 4.79 Å². The number of carbonyl (C=O) groups is 2. The summed E-state index contributed by atoms with van der Waals surface area (Å²) < 4.78 is 9.88. The summed E-state index contributed by atoms with van der Waals surface area (Å²) in [5, 5.41) is 0.593. The summed E-state index contributed by atoms with van der Waals surface area (Å²) in [6.07, 6.45) is 0. The molecule has 0 aliphatic carbocycles. The topological polar surface area (TPSA) is 73.6 Å². The summed E-state index contributed by atoms with van der Waals surface area (Å²) in [7, 11) is 0. The largest absolute Gasteiger partial charge is 0.427 e. The fourth-order valence-corrected chi connectivity index (χ4v) is 1.57. The molecule has 1 heterocycles. The van der Waals surface area contributed by atoms with Crippen LogP contribution in [0.2, 0.25) is 0 Å². The van der Waals surface area contributed by atoms with E-state index in [0.717, 1.165) is 0 Å². The van der Waals surface area contributed by atoms with Gasteiger partial charge in [-0.1, -0.05) is 0 Å². The van der Waals surface area contributed by atoms with Gasteiger partial charge in [0.05, 0.1) is 0 Å². The smallest absolute Gasteiger partial charge is 0.347 e. The van der Waals surface area contributed by atoms with Crippen LogP contribution in [0.5, 0.6) is 5.75 Å². The molecule has 1 aromatic heterocycles. The highest BCUT2D eigenvalue weighted by atomic mass is 16.5. The molecule has 0 aliphatic rings. The number of carbonyl (C=O) groups excluding carboxylic acids is 2. The number of ether oxygens (including phenoxy) is 1. The molecule has 0 atom stereocenters. The van der Waals surface area contributed by atoms with Crippen molar-refractivity contribution in [2.75, 3.05) is 0 Å². The van der Waals surface area contributed by atoms with Gasteiger partial charge < -0.3 is 9.15 Å². The predicted octanol–water partition coefficient (Wildman–Crippen LogP) is 1.92. The molecule has 92 valence electrons. The fraction of sp³-hybridized carbons (Fsp3) is 0.154. The lowest BCUT2D eigenvalue weighted by molar-refractivity contribution is -0.131. The molecule has 5 heteroatoms. The minimum Gasteiger partial charge on any atom is -0.427 e. The number of benzene rings is 1. The molecule has 5 nitrogen and oxygen atoms in total. The number of fused-ring (bicyclic) bond motifs is 1. The van der Waals surface area contributed by atoms with E-state index in [4.69, 9.17) is 9.15 Å². The summed E-state index contributed by atoms with van der Waals surface area (Å²) in [5.74, 6) is -0.527. The van der Waals surface area contributed by atoms with Gasteiger partial charge in [0.15, 0.2) is 5.78 Å². The summed E-state index contributed by atoms with van der Waals surface area (Å²) in [6.45, 7) is 2.57. The third-order valence-electron chi connectivity index (χ3n) is 2.35. The van der Waals surface area contributed by atoms with Crippen LogP contribution >= 0.6 is 0 Å². The lowest BCUT2D eigenvalue weighted by Gasteiger charge is -2.03. The normalized spacial score (nSPS) is 10.3. The van der Waals surface area contributed by atoms with Gasteiger partial charge in [-0.05, 0) is 25.1 Å². The molecule has 0 amide bonds. The lowest BCUT2D eigenvalue weighted by atomic mass is 10.1. The molecule has 2 aromatic rings. The van der Waals surface area contributed by atoms with Crippen molar-refractivity contribution in [3.8, 4) is 5.75 Å². The Morgan fingerprint density at radius 2 is 1.89 bits per heavy atom. The zero-order chi connectivity index (χ0) is 13.3. The van der Waals surface area contributed by atoms with Gasteiger partial charge in [0, 0.05) is 18.4 Å². The Morgan fingerprint density at radius 1 is 1.17 bits per heavy atom. The maximum absolute atomic E-state index is 11.5. The highest BCUT2D eigenvalue weighted by Crippen LogP contribution is 2.20. The van der Waals surface area contributed by atoms with Crippen molar-refractivity contribution in [2.45, 2.75) is 13.8 Å². The minimum atomic E-state index is -0.699. The molecule has 18 heavy (non-hydrogen) atoms. The first-order chi connectivity index (χ1) is 8.47. The maximum atomic E-state index is 11.5. The average molecular weight is 246 g/mol. The van der Waals surface area contributed by atoms with Crippen LogP contribution in [0.15, 0.2) is 33.5 Å². The van der Waals surface area contributed by atoms with Crippen LogP contribution in [0.25, 0.3) is 11.0 Å². The molecule has 0 saturated heterocycles. The van der Waals surface area contributed by atoms with Crippen molar-refractivity contribution in [1.29, 1.82) is 0 Å². The third kappa shape index (κ3) is 2.29. The van der Waals surface area contributed by atoms with Crippen molar-refractivity contribution in [3.05, 3.63) is 40.2 Å². The van der Waals surface area contributed by atoms with E-state index >= 15 is 0 Å². The number of hydrogen-bond donors (Lipinski definition) is 0. The van der Waals surface area contributed by atoms with Gasteiger partial charge >= 0.3 is 11.6 Å².